The molecule has 0 N–H and O–H groups in total. The van der Waals surface area contributed by atoms with Crippen molar-refractivity contribution in [2.75, 3.05) is 6.61 Å². The largest absolute Gasteiger partial charge is 0.374 e. The van der Waals surface area contributed by atoms with Crippen LogP contribution in [0.25, 0.3) is 0 Å². The van der Waals surface area contributed by atoms with Gasteiger partial charge in [-0.05, 0) is 37.1 Å². The number of ether oxygens (including phenoxy) is 1. The summed E-state index contributed by atoms with van der Waals surface area (Å²) in [7, 11) is 0. The molecule has 18 heavy (non-hydrogen) atoms. The van der Waals surface area contributed by atoms with Crippen LogP contribution in [0.1, 0.15) is 23.9 Å². The Morgan fingerprint density at radius 2 is 2.17 bits per heavy atom. The van der Waals surface area contributed by atoms with Crippen LogP contribution in [0.5, 0.6) is 0 Å². The van der Waals surface area contributed by atoms with Crippen LogP contribution in [0.4, 0.5) is 0 Å². The van der Waals surface area contributed by atoms with Gasteiger partial charge >= 0.3 is 0 Å². The van der Waals surface area contributed by atoms with Crippen LogP contribution in [0, 0.1) is 6.92 Å². The molecule has 0 aliphatic heterocycles. The van der Waals surface area contributed by atoms with Gasteiger partial charge in [0.25, 0.3) is 0 Å². The van der Waals surface area contributed by atoms with Crippen molar-refractivity contribution < 1.29 is 4.74 Å². The van der Waals surface area contributed by atoms with E-state index in [2.05, 4.69) is 15.6 Å². The normalized spacial score (nSPS) is 10.8. The van der Waals surface area contributed by atoms with Gasteiger partial charge in [-0.3, -0.25) is 0 Å². The number of aryl methyl sites for hydroxylation is 1. The van der Waals surface area contributed by atoms with Gasteiger partial charge in [-0.2, -0.15) is 0 Å². The minimum atomic E-state index is 0.545. The number of aromatic nitrogens is 2. The summed E-state index contributed by atoms with van der Waals surface area (Å²) in [5.41, 5.74) is 2.35. The van der Waals surface area contributed by atoms with E-state index >= 15 is 0 Å². The summed E-state index contributed by atoms with van der Waals surface area (Å²) in [6, 6.07) is 6.08. The molecule has 0 fully saturated rings. The number of halogens is 1. The predicted octanol–water partition coefficient (Wildman–Crippen LogP) is 3.43. The Kier molecular flexibility index (Phi) is 4.39. The molecule has 3 nitrogen and oxygen atoms in total. The number of imidazole rings is 1. The van der Waals surface area contributed by atoms with Crippen molar-refractivity contribution in [3.8, 4) is 0 Å². The molecule has 0 bridgehead atoms. The molecule has 1 aromatic heterocycles. The SMILES string of the molecule is CCOCc1nccn1Cc1cc(C)cc(Cl)c1. The van der Waals surface area contributed by atoms with E-state index < -0.39 is 0 Å². The van der Waals surface area contributed by atoms with Gasteiger partial charge < -0.3 is 9.30 Å². The molecule has 1 aromatic carbocycles. The zero-order valence-electron chi connectivity index (χ0n) is 10.7. The van der Waals surface area contributed by atoms with E-state index in [1.54, 1.807) is 6.20 Å². The second-order valence-corrected chi connectivity index (χ2v) is 4.68. The number of rotatable bonds is 5. The number of hydrogen-bond donors (Lipinski definition) is 0. The van der Waals surface area contributed by atoms with Crippen LogP contribution in [-0.4, -0.2) is 16.2 Å². The molecule has 0 amide bonds. The Hall–Kier alpha value is -1.32. The van der Waals surface area contributed by atoms with Gasteiger partial charge in [0, 0.05) is 30.6 Å². The van der Waals surface area contributed by atoms with Crippen LogP contribution < -0.4 is 0 Å². The van der Waals surface area contributed by atoms with Crippen LogP contribution in [0.3, 0.4) is 0 Å². The Bertz CT molecular complexity index is 502. The summed E-state index contributed by atoms with van der Waals surface area (Å²) in [6.45, 7) is 6.04. The van der Waals surface area contributed by atoms with Crippen molar-refractivity contribution in [2.24, 2.45) is 0 Å². The van der Waals surface area contributed by atoms with Crippen molar-refractivity contribution in [3.05, 3.63) is 52.6 Å². The Morgan fingerprint density at radius 1 is 1.33 bits per heavy atom. The third-order valence-corrected chi connectivity index (χ3v) is 2.91. The lowest BCUT2D eigenvalue weighted by molar-refractivity contribution is 0.126. The molecule has 1 heterocycles. The van der Waals surface area contributed by atoms with Crippen molar-refractivity contribution in [3.63, 3.8) is 0 Å². The van der Waals surface area contributed by atoms with Crippen molar-refractivity contribution in [1.29, 1.82) is 0 Å². The summed E-state index contributed by atoms with van der Waals surface area (Å²) in [6.07, 6.45) is 3.76. The highest BCUT2D eigenvalue weighted by Gasteiger charge is 2.04. The van der Waals surface area contributed by atoms with Gasteiger partial charge in [-0.1, -0.05) is 17.7 Å². The fourth-order valence-corrected chi connectivity index (χ4v) is 2.23. The Balaban J connectivity index is 2.15. The summed E-state index contributed by atoms with van der Waals surface area (Å²) in [4.78, 5) is 4.30. The van der Waals surface area contributed by atoms with Crippen LogP contribution in [-0.2, 0) is 17.9 Å². The molecule has 0 spiro atoms. The minimum Gasteiger partial charge on any atom is -0.374 e. The molecule has 0 radical (unpaired) electrons. The zero-order valence-corrected chi connectivity index (χ0v) is 11.4. The van der Waals surface area contributed by atoms with Crippen molar-refractivity contribution in [1.82, 2.24) is 9.55 Å². The van der Waals surface area contributed by atoms with E-state index in [0.717, 1.165) is 17.4 Å². The monoisotopic (exact) mass is 264 g/mol. The lowest BCUT2D eigenvalue weighted by atomic mass is 10.1. The molecule has 0 saturated carbocycles. The standard InChI is InChI=1S/C14H17ClN2O/c1-3-18-10-14-16-4-5-17(14)9-12-6-11(2)7-13(15)8-12/h4-8H,3,9-10H2,1-2H3. The van der Waals surface area contributed by atoms with E-state index in [-0.39, 0.29) is 0 Å². The van der Waals surface area contributed by atoms with E-state index in [0.29, 0.717) is 13.2 Å². The maximum atomic E-state index is 6.06. The molecular weight excluding hydrogens is 248 g/mol. The summed E-state index contributed by atoms with van der Waals surface area (Å²) in [5.74, 6) is 0.939. The first kappa shape index (κ1) is 13.1. The molecule has 0 saturated heterocycles. The molecule has 2 aromatic rings. The van der Waals surface area contributed by atoms with Crippen molar-refractivity contribution in [2.45, 2.75) is 27.0 Å². The fraction of sp³-hybridized carbons (Fsp3) is 0.357. The third-order valence-electron chi connectivity index (χ3n) is 2.69. The summed E-state index contributed by atoms with van der Waals surface area (Å²) < 4.78 is 7.48. The van der Waals surface area contributed by atoms with E-state index in [4.69, 9.17) is 16.3 Å². The van der Waals surface area contributed by atoms with Gasteiger partial charge in [0.15, 0.2) is 0 Å². The minimum absolute atomic E-state index is 0.545. The van der Waals surface area contributed by atoms with Crippen LogP contribution in [0.2, 0.25) is 5.02 Å². The topological polar surface area (TPSA) is 27.1 Å². The zero-order chi connectivity index (χ0) is 13.0. The molecular formula is C14H17ClN2O. The van der Waals surface area contributed by atoms with E-state index in [1.165, 1.54) is 11.1 Å². The molecule has 2 rings (SSSR count). The highest BCUT2D eigenvalue weighted by Crippen LogP contribution is 2.16. The lowest BCUT2D eigenvalue weighted by Crippen LogP contribution is -2.06. The van der Waals surface area contributed by atoms with Crippen LogP contribution in [0.15, 0.2) is 30.6 Å². The van der Waals surface area contributed by atoms with E-state index in [9.17, 15) is 0 Å². The predicted molar refractivity (Wildman–Crippen MR) is 72.8 cm³/mol. The van der Waals surface area contributed by atoms with Gasteiger partial charge in [0.1, 0.15) is 12.4 Å². The van der Waals surface area contributed by atoms with Crippen LogP contribution >= 0.6 is 11.6 Å². The van der Waals surface area contributed by atoms with E-state index in [1.807, 2.05) is 32.2 Å². The van der Waals surface area contributed by atoms with Gasteiger partial charge in [0.05, 0.1) is 0 Å². The molecule has 0 aliphatic carbocycles. The van der Waals surface area contributed by atoms with Gasteiger partial charge in [0.2, 0.25) is 0 Å². The number of hydrogen-bond acceptors (Lipinski definition) is 2. The average molecular weight is 265 g/mol. The van der Waals surface area contributed by atoms with Gasteiger partial charge in [-0.15, -0.1) is 0 Å². The average Bonchev–Trinajstić information content (AvgIpc) is 2.72. The maximum absolute atomic E-state index is 6.06. The highest BCUT2D eigenvalue weighted by molar-refractivity contribution is 6.30. The number of nitrogens with zero attached hydrogens (tertiary/aromatic N) is 2. The third kappa shape index (κ3) is 3.34. The molecule has 96 valence electrons. The molecule has 4 heteroatoms. The molecule has 0 atom stereocenters. The Morgan fingerprint density at radius 3 is 2.89 bits per heavy atom. The first-order chi connectivity index (χ1) is 8.69. The first-order valence-corrected chi connectivity index (χ1v) is 6.40. The summed E-state index contributed by atoms with van der Waals surface area (Å²) in [5, 5.41) is 0.775. The second-order valence-electron chi connectivity index (χ2n) is 4.25. The highest BCUT2D eigenvalue weighted by atomic mass is 35.5. The first-order valence-electron chi connectivity index (χ1n) is 6.03. The van der Waals surface area contributed by atoms with Crippen molar-refractivity contribution >= 4 is 11.6 Å². The quantitative estimate of drug-likeness (QED) is 0.827. The molecule has 0 unspecified atom stereocenters. The smallest absolute Gasteiger partial charge is 0.135 e. The number of benzene rings is 1. The Labute approximate surface area is 112 Å². The fourth-order valence-electron chi connectivity index (χ4n) is 1.92. The van der Waals surface area contributed by atoms with Gasteiger partial charge in [-0.25, -0.2) is 4.98 Å². The summed E-state index contributed by atoms with van der Waals surface area (Å²) >= 11 is 6.06. The second kappa shape index (κ2) is 6.03. The maximum Gasteiger partial charge on any atom is 0.135 e. The lowest BCUT2D eigenvalue weighted by Gasteiger charge is -2.09. The molecule has 0 aliphatic rings.